The molecule has 29 heavy (non-hydrogen) atoms. The van der Waals surface area contributed by atoms with Crippen LogP contribution in [0.15, 0.2) is 36.4 Å². The van der Waals surface area contributed by atoms with Crippen LogP contribution in [0.25, 0.3) is 0 Å². The number of fused-ring (bicyclic) bond motifs is 1. The number of nitrogens with zero attached hydrogens (tertiary/aromatic N) is 1. The van der Waals surface area contributed by atoms with Crippen molar-refractivity contribution in [3.8, 4) is 0 Å². The van der Waals surface area contributed by atoms with Gasteiger partial charge < -0.3 is 5.32 Å². The number of halogens is 4. The minimum Gasteiger partial charge on any atom is -0.322 e. The standard InChI is InChI=1S/C19H18ClF3N2O3S/c1-2-29(27,28)25-9-3-4-12-10-13(5-8-17(12)25)18(26)24-14-6-7-16(20)15(11-14)19(21,22)23/h5-8,10-11H,2-4,9H2,1H3,(H,24,26). The van der Waals surface area contributed by atoms with Crippen molar-refractivity contribution in [2.24, 2.45) is 0 Å². The highest BCUT2D eigenvalue weighted by Crippen LogP contribution is 2.36. The van der Waals surface area contributed by atoms with Crippen molar-refractivity contribution in [2.45, 2.75) is 25.9 Å². The first-order valence-corrected chi connectivity index (χ1v) is 10.8. The van der Waals surface area contributed by atoms with E-state index in [9.17, 15) is 26.4 Å². The molecule has 1 aliphatic heterocycles. The molecule has 0 saturated heterocycles. The van der Waals surface area contributed by atoms with Crippen LogP contribution in [0.2, 0.25) is 5.02 Å². The zero-order valence-corrected chi connectivity index (χ0v) is 17.0. The first kappa shape index (κ1) is 21.4. The van der Waals surface area contributed by atoms with E-state index in [1.807, 2.05) is 0 Å². The molecular weight excluding hydrogens is 429 g/mol. The summed E-state index contributed by atoms with van der Waals surface area (Å²) in [4.78, 5) is 12.5. The van der Waals surface area contributed by atoms with Crippen molar-refractivity contribution in [3.63, 3.8) is 0 Å². The number of nitrogens with one attached hydrogen (secondary N) is 1. The smallest absolute Gasteiger partial charge is 0.322 e. The third-order valence-corrected chi connectivity index (χ3v) is 6.76. The first-order valence-electron chi connectivity index (χ1n) is 8.84. The summed E-state index contributed by atoms with van der Waals surface area (Å²) in [5, 5.41) is 1.97. The van der Waals surface area contributed by atoms with Gasteiger partial charge in [-0.15, -0.1) is 0 Å². The molecule has 0 unspecified atom stereocenters. The summed E-state index contributed by atoms with van der Waals surface area (Å²) in [6.45, 7) is 1.94. The van der Waals surface area contributed by atoms with Gasteiger partial charge in [-0.1, -0.05) is 11.6 Å². The number of carbonyl (C=O) groups is 1. The maximum absolute atomic E-state index is 13.0. The molecule has 5 nitrogen and oxygen atoms in total. The molecule has 2 aromatic rings. The molecule has 0 aromatic heterocycles. The molecule has 0 atom stereocenters. The summed E-state index contributed by atoms with van der Waals surface area (Å²) in [5.41, 5.74) is 0.374. The number of hydrogen-bond donors (Lipinski definition) is 1. The Balaban J connectivity index is 1.87. The number of benzene rings is 2. The lowest BCUT2D eigenvalue weighted by Crippen LogP contribution is -2.36. The summed E-state index contributed by atoms with van der Waals surface area (Å²) in [6.07, 6.45) is -3.42. The first-order chi connectivity index (χ1) is 13.5. The quantitative estimate of drug-likeness (QED) is 0.739. The molecule has 0 radical (unpaired) electrons. The summed E-state index contributed by atoms with van der Waals surface area (Å²) < 4.78 is 64.8. The molecule has 1 N–H and O–H groups in total. The van der Waals surface area contributed by atoms with Crippen molar-refractivity contribution < 1.29 is 26.4 Å². The van der Waals surface area contributed by atoms with Crippen LogP contribution in [-0.2, 0) is 22.6 Å². The molecule has 0 aliphatic carbocycles. The number of anilines is 2. The predicted octanol–water partition coefficient (Wildman–Crippen LogP) is 4.71. The normalized spacial score (nSPS) is 14.4. The zero-order valence-electron chi connectivity index (χ0n) is 15.4. The molecule has 0 spiro atoms. The maximum Gasteiger partial charge on any atom is 0.417 e. The average Bonchev–Trinajstić information content (AvgIpc) is 2.67. The highest BCUT2D eigenvalue weighted by Gasteiger charge is 2.33. The van der Waals surface area contributed by atoms with Crippen molar-refractivity contribution in [1.29, 1.82) is 0 Å². The summed E-state index contributed by atoms with van der Waals surface area (Å²) in [6, 6.07) is 7.71. The number of sulfonamides is 1. The fourth-order valence-corrected chi connectivity index (χ4v) is 4.59. The number of amides is 1. The average molecular weight is 447 g/mol. The second-order valence-corrected chi connectivity index (χ2v) is 9.16. The van der Waals surface area contributed by atoms with Gasteiger partial charge in [0.2, 0.25) is 10.0 Å². The van der Waals surface area contributed by atoms with E-state index in [-0.39, 0.29) is 17.0 Å². The molecular formula is C19H18ClF3N2O3S. The van der Waals surface area contributed by atoms with Crippen LogP contribution in [0.3, 0.4) is 0 Å². The van der Waals surface area contributed by atoms with Gasteiger partial charge in [0, 0.05) is 17.8 Å². The van der Waals surface area contributed by atoms with Gasteiger partial charge in [-0.2, -0.15) is 13.2 Å². The SMILES string of the molecule is CCS(=O)(=O)N1CCCc2cc(C(=O)Nc3ccc(Cl)c(C(F)(F)F)c3)ccc21. The van der Waals surface area contributed by atoms with Gasteiger partial charge in [-0.05, 0) is 61.7 Å². The van der Waals surface area contributed by atoms with Gasteiger partial charge in [-0.25, -0.2) is 8.42 Å². The molecule has 2 aromatic carbocycles. The van der Waals surface area contributed by atoms with E-state index in [2.05, 4.69) is 5.32 Å². The van der Waals surface area contributed by atoms with Crippen LogP contribution < -0.4 is 9.62 Å². The molecule has 156 valence electrons. The van der Waals surface area contributed by atoms with Crippen LogP contribution in [-0.4, -0.2) is 26.6 Å². The van der Waals surface area contributed by atoms with Crippen molar-refractivity contribution >= 4 is 38.9 Å². The lowest BCUT2D eigenvalue weighted by atomic mass is 10.0. The van der Waals surface area contributed by atoms with Crippen LogP contribution in [0.1, 0.15) is 34.8 Å². The number of carbonyl (C=O) groups excluding carboxylic acids is 1. The monoisotopic (exact) mass is 446 g/mol. The summed E-state index contributed by atoms with van der Waals surface area (Å²) in [7, 11) is -3.43. The van der Waals surface area contributed by atoms with Crippen LogP contribution in [0.4, 0.5) is 24.5 Å². The lowest BCUT2D eigenvalue weighted by Gasteiger charge is -2.30. The number of hydrogen-bond acceptors (Lipinski definition) is 3. The molecule has 1 amide bonds. The van der Waals surface area contributed by atoms with Crippen molar-refractivity contribution in [1.82, 2.24) is 0 Å². The van der Waals surface area contributed by atoms with Gasteiger partial charge >= 0.3 is 6.18 Å². The Bertz CT molecular complexity index is 1060. The van der Waals surface area contributed by atoms with E-state index in [4.69, 9.17) is 11.6 Å². The molecule has 3 rings (SSSR count). The van der Waals surface area contributed by atoms with Gasteiger partial charge in [0.1, 0.15) is 0 Å². The molecule has 10 heteroatoms. The van der Waals surface area contributed by atoms with Crippen LogP contribution >= 0.6 is 11.6 Å². The lowest BCUT2D eigenvalue weighted by molar-refractivity contribution is -0.137. The van der Waals surface area contributed by atoms with E-state index in [1.54, 1.807) is 19.1 Å². The maximum atomic E-state index is 13.0. The minimum absolute atomic E-state index is 0.0349. The fourth-order valence-electron chi connectivity index (χ4n) is 3.17. The topological polar surface area (TPSA) is 66.5 Å². The Morgan fingerprint density at radius 2 is 1.93 bits per heavy atom. The Labute approximate surface area is 171 Å². The summed E-state index contributed by atoms with van der Waals surface area (Å²) >= 11 is 5.59. The molecule has 0 saturated carbocycles. The third kappa shape index (κ3) is 4.51. The molecule has 0 fully saturated rings. The summed E-state index contributed by atoms with van der Waals surface area (Å²) in [5.74, 6) is -0.633. The molecule has 0 bridgehead atoms. The zero-order chi connectivity index (χ0) is 21.4. The van der Waals surface area contributed by atoms with E-state index in [1.165, 1.54) is 16.4 Å². The second kappa shape index (κ2) is 7.87. The minimum atomic E-state index is -4.64. The van der Waals surface area contributed by atoms with Crippen molar-refractivity contribution in [2.75, 3.05) is 21.9 Å². The molecule has 1 heterocycles. The van der Waals surface area contributed by atoms with Gasteiger partial charge in [0.15, 0.2) is 0 Å². The Hall–Kier alpha value is -2.26. The highest BCUT2D eigenvalue weighted by molar-refractivity contribution is 7.92. The van der Waals surface area contributed by atoms with E-state index in [0.717, 1.165) is 12.1 Å². The Morgan fingerprint density at radius 1 is 1.21 bits per heavy atom. The second-order valence-electron chi connectivity index (χ2n) is 6.57. The van der Waals surface area contributed by atoms with Crippen LogP contribution in [0.5, 0.6) is 0 Å². The third-order valence-electron chi connectivity index (χ3n) is 4.65. The predicted molar refractivity (Wildman–Crippen MR) is 106 cm³/mol. The number of rotatable bonds is 4. The van der Waals surface area contributed by atoms with Gasteiger partial charge in [0.25, 0.3) is 5.91 Å². The Morgan fingerprint density at radius 3 is 2.59 bits per heavy atom. The van der Waals surface area contributed by atoms with E-state index < -0.39 is 32.7 Å². The van der Waals surface area contributed by atoms with E-state index >= 15 is 0 Å². The molecule has 1 aliphatic rings. The number of alkyl halides is 3. The van der Waals surface area contributed by atoms with Crippen LogP contribution in [0, 0.1) is 0 Å². The fraction of sp³-hybridized carbons (Fsp3) is 0.316. The van der Waals surface area contributed by atoms with E-state index in [0.29, 0.717) is 30.6 Å². The van der Waals surface area contributed by atoms with Gasteiger partial charge in [-0.3, -0.25) is 9.10 Å². The Kier molecular flexibility index (Phi) is 5.82. The number of aryl methyl sites for hydroxylation is 1. The van der Waals surface area contributed by atoms with Gasteiger partial charge in [0.05, 0.1) is 22.0 Å². The highest BCUT2D eigenvalue weighted by atomic mass is 35.5. The van der Waals surface area contributed by atoms with Crippen molar-refractivity contribution in [3.05, 3.63) is 58.1 Å². The largest absolute Gasteiger partial charge is 0.417 e.